The first kappa shape index (κ1) is 18.9. The summed E-state index contributed by atoms with van der Waals surface area (Å²) < 4.78 is 10.5. The quantitative estimate of drug-likeness (QED) is 0.554. The Morgan fingerprint density at radius 2 is 1.28 bits per heavy atom. The van der Waals surface area contributed by atoms with Crippen LogP contribution in [0.4, 0.5) is 11.4 Å². The van der Waals surface area contributed by atoms with Crippen LogP contribution in [0.1, 0.15) is 11.9 Å². The van der Waals surface area contributed by atoms with Crippen LogP contribution in [0.2, 0.25) is 0 Å². The molecule has 0 spiro atoms. The van der Waals surface area contributed by atoms with Crippen LogP contribution in [0.25, 0.3) is 0 Å². The lowest BCUT2D eigenvalue weighted by Gasteiger charge is -2.16. The summed E-state index contributed by atoms with van der Waals surface area (Å²) >= 11 is 0. The molecule has 3 radical (unpaired) electrons. The molecule has 3 aromatic rings. The summed E-state index contributed by atoms with van der Waals surface area (Å²) in [5, 5.41) is 4.30. The third-order valence-corrected chi connectivity index (χ3v) is 3.88. The van der Waals surface area contributed by atoms with Gasteiger partial charge in [0.2, 0.25) is 0 Å². The molecule has 0 aliphatic rings. The van der Waals surface area contributed by atoms with E-state index in [4.69, 9.17) is 9.47 Å². The smallest absolute Gasteiger partial charge is 0.183 e. The molecular weight excluding hydrogens is 326 g/mol. The van der Waals surface area contributed by atoms with Crippen molar-refractivity contribution in [3.63, 3.8) is 0 Å². The maximum atomic E-state index is 5.23. The Hall–Kier alpha value is -2.40. The lowest BCUT2D eigenvalue weighted by atomic mass is 10.2. The SMILES string of the molecule is COC(OC)c1ccc(Nc2ccccc2)c([Si])c1.c1ccccc1. The molecule has 0 atom stereocenters. The number of anilines is 2. The molecule has 0 fully saturated rings. The number of hydrogen-bond acceptors (Lipinski definition) is 3. The summed E-state index contributed by atoms with van der Waals surface area (Å²) in [6.07, 6.45) is -0.346. The molecule has 1 N–H and O–H groups in total. The Balaban J connectivity index is 0.000000316. The van der Waals surface area contributed by atoms with E-state index in [1.165, 1.54) is 0 Å². The summed E-state index contributed by atoms with van der Waals surface area (Å²) in [7, 11) is 6.86. The number of hydrogen-bond donors (Lipinski definition) is 1. The van der Waals surface area contributed by atoms with Crippen molar-refractivity contribution in [2.45, 2.75) is 6.29 Å². The van der Waals surface area contributed by atoms with E-state index >= 15 is 0 Å². The largest absolute Gasteiger partial charge is 0.356 e. The standard InChI is InChI=1S/C15H16NO2Si.C6H6/c1-17-15(18-2)11-8-9-13(14(19)10-11)16-12-6-4-3-5-7-12;1-2-4-6-5-3-1/h3-10,15-16H,1-2H3;1-6H. The molecule has 25 heavy (non-hydrogen) atoms. The van der Waals surface area contributed by atoms with Gasteiger partial charge in [-0.2, -0.15) is 0 Å². The van der Waals surface area contributed by atoms with Crippen molar-refractivity contribution >= 4 is 26.8 Å². The normalized spacial score (nSPS) is 10.1. The highest BCUT2D eigenvalue weighted by Crippen LogP contribution is 2.20. The van der Waals surface area contributed by atoms with Crippen molar-refractivity contribution in [3.05, 3.63) is 90.5 Å². The Labute approximate surface area is 153 Å². The minimum atomic E-state index is -0.346. The summed E-state index contributed by atoms with van der Waals surface area (Å²) in [5.74, 6) is 0. The lowest BCUT2D eigenvalue weighted by molar-refractivity contribution is -0.105. The molecule has 3 nitrogen and oxygen atoms in total. The predicted molar refractivity (Wildman–Crippen MR) is 105 cm³/mol. The van der Waals surface area contributed by atoms with Crippen LogP contribution in [0.5, 0.6) is 0 Å². The van der Waals surface area contributed by atoms with Crippen LogP contribution in [-0.2, 0) is 9.47 Å². The second-order valence-corrected chi connectivity index (χ2v) is 5.79. The topological polar surface area (TPSA) is 30.5 Å². The summed E-state index contributed by atoms with van der Waals surface area (Å²) in [4.78, 5) is 0. The molecule has 0 bridgehead atoms. The van der Waals surface area contributed by atoms with E-state index in [0.717, 1.165) is 22.1 Å². The van der Waals surface area contributed by atoms with Gasteiger partial charge in [0, 0.05) is 31.2 Å². The molecule has 4 heteroatoms. The zero-order valence-corrected chi connectivity index (χ0v) is 15.5. The third kappa shape index (κ3) is 6.19. The molecule has 0 aliphatic carbocycles. The van der Waals surface area contributed by atoms with Crippen molar-refractivity contribution in [2.75, 3.05) is 19.5 Å². The van der Waals surface area contributed by atoms with Crippen LogP contribution >= 0.6 is 0 Å². The van der Waals surface area contributed by atoms with Gasteiger partial charge >= 0.3 is 0 Å². The van der Waals surface area contributed by atoms with Gasteiger partial charge in [0.15, 0.2) is 6.29 Å². The van der Waals surface area contributed by atoms with Crippen LogP contribution in [-0.4, -0.2) is 24.5 Å². The highest BCUT2D eigenvalue weighted by Gasteiger charge is 2.10. The fourth-order valence-electron chi connectivity index (χ4n) is 2.25. The van der Waals surface area contributed by atoms with Crippen LogP contribution in [0.3, 0.4) is 0 Å². The van der Waals surface area contributed by atoms with Crippen LogP contribution in [0, 0.1) is 0 Å². The van der Waals surface area contributed by atoms with Gasteiger partial charge in [0.05, 0.1) is 10.2 Å². The summed E-state index contributed by atoms with van der Waals surface area (Å²) in [6.45, 7) is 0. The monoisotopic (exact) mass is 348 g/mol. The first-order chi connectivity index (χ1) is 12.2. The van der Waals surface area contributed by atoms with Gasteiger partial charge in [-0.3, -0.25) is 0 Å². The number of ether oxygens (including phenoxy) is 2. The summed E-state index contributed by atoms with van der Waals surface area (Å²) in [6, 6.07) is 28.0. The van der Waals surface area contributed by atoms with E-state index in [9.17, 15) is 0 Å². The van der Waals surface area contributed by atoms with Crippen molar-refractivity contribution in [1.29, 1.82) is 0 Å². The maximum absolute atomic E-state index is 5.23. The van der Waals surface area contributed by atoms with Gasteiger partial charge in [-0.15, -0.1) is 0 Å². The molecule has 0 aliphatic heterocycles. The predicted octanol–water partition coefficient (Wildman–Crippen LogP) is 4.20. The van der Waals surface area contributed by atoms with E-state index in [2.05, 4.69) is 15.6 Å². The molecular formula is C21H22NO2Si. The highest BCUT2D eigenvalue weighted by atomic mass is 28.1. The minimum absolute atomic E-state index is 0.346. The van der Waals surface area contributed by atoms with E-state index in [0.29, 0.717) is 0 Å². The average molecular weight is 348 g/mol. The molecule has 0 heterocycles. The van der Waals surface area contributed by atoms with E-state index in [1.54, 1.807) is 14.2 Å². The molecule has 0 aromatic heterocycles. The van der Waals surface area contributed by atoms with E-state index in [-0.39, 0.29) is 6.29 Å². The minimum Gasteiger partial charge on any atom is -0.356 e. The first-order valence-corrected chi connectivity index (χ1v) is 8.48. The molecule has 0 amide bonds. The average Bonchev–Trinajstić information content (AvgIpc) is 2.68. The van der Waals surface area contributed by atoms with Crippen LogP contribution in [0.15, 0.2) is 84.9 Å². The second kappa shape index (κ2) is 10.5. The molecule has 3 rings (SSSR count). The molecule has 127 valence electrons. The van der Waals surface area contributed by atoms with E-state index in [1.807, 2.05) is 84.9 Å². The van der Waals surface area contributed by atoms with Gasteiger partial charge in [-0.05, 0) is 23.4 Å². The fourth-order valence-corrected chi connectivity index (χ4v) is 2.56. The summed E-state index contributed by atoms with van der Waals surface area (Å²) in [5.41, 5.74) is 3.01. The number of benzene rings is 3. The highest BCUT2D eigenvalue weighted by molar-refractivity contribution is 6.36. The van der Waals surface area contributed by atoms with Crippen LogP contribution < -0.4 is 10.5 Å². The number of nitrogens with one attached hydrogen (secondary N) is 1. The first-order valence-electron chi connectivity index (χ1n) is 7.98. The number of para-hydroxylation sites is 1. The Morgan fingerprint density at radius 3 is 1.76 bits per heavy atom. The van der Waals surface area contributed by atoms with Crippen molar-refractivity contribution in [1.82, 2.24) is 0 Å². The number of rotatable bonds is 5. The molecule has 0 saturated heterocycles. The molecule has 0 saturated carbocycles. The Morgan fingerprint density at radius 1 is 0.760 bits per heavy atom. The fraction of sp³-hybridized carbons (Fsp3) is 0.143. The van der Waals surface area contributed by atoms with Crippen molar-refractivity contribution < 1.29 is 9.47 Å². The number of methoxy groups -OCH3 is 2. The maximum Gasteiger partial charge on any atom is 0.183 e. The molecule has 3 aromatic carbocycles. The van der Waals surface area contributed by atoms with E-state index < -0.39 is 0 Å². The van der Waals surface area contributed by atoms with Crippen molar-refractivity contribution in [2.24, 2.45) is 0 Å². The van der Waals surface area contributed by atoms with Gasteiger partial charge in [0.25, 0.3) is 0 Å². The van der Waals surface area contributed by atoms with Gasteiger partial charge in [-0.25, -0.2) is 0 Å². The van der Waals surface area contributed by atoms with Gasteiger partial charge < -0.3 is 14.8 Å². The van der Waals surface area contributed by atoms with Gasteiger partial charge in [-0.1, -0.05) is 66.7 Å². The third-order valence-electron chi connectivity index (χ3n) is 3.46. The van der Waals surface area contributed by atoms with Crippen molar-refractivity contribution in [3.8, 4) is 0 Å². The Kier molecular flexibility index (Phi) is 7.92. The zero-order valence-electron chi connectivity index (χ0n) is 14.5. The Bertz CT molecular complexity index is 705. The second-order valence-electron chi connectivity index (χ2n) is 5.25. The lowest BCUT2D eigenvalue weighted by Crippen LogP contribution is -2.13. The zero-order chi connectivity index (χ0) is 17.9. The molecule has 0 unspecified atom stereocenters. The van der Waals surface area contributed by atoms with Gasteiger partial charge in [0.1, 0.15) is 0 Å².